The Kier molecular flexibility index (Phi) is 4.74. The first-order valence-electron chi connectivity index (χ1n) is 6.37. The van der Waals surface area contributed by atoms with E-state index in [0.29, 0.717) is 13.0 Å². The van der Waals surface area contributed by atoms with E-state index in [4.69, 9.17) is 9.84 Å². The molecular formula is C13H17NO5S. The molecule has 110 valence electrons. The zero-order chi connectivity index (χ0) is 14.6. The van der Waals surface area contributed by atoms with Crippen LogP contribution in [0.3, 0.4) is 0 Å². The molecule has 0 bridgehead atoms. The average molecular weight is 299 g/mol. The van der Waals surface area contributed by atoms with Gasteiger partial charge in [0, 0.05) is 13.2 Å². The first-order chi connectivity index (χ1) is 9.49. The molecule has 1 fully saturated rings. The van der Waals surface area contributed by atoms with Crippen LogP contribution in [0.5, 0.6) is 0 Å². The SMILES string of the molecule is O=C(O)c1ccc(CNS(=O)(=O)C2CCCOC2)cc1. The van der Waals surface area contributed by atoms with Crippen molar-refractivity contribution < 1.29 is 23.1 Å². The Morgan fingerprint density at radius 2 is 2.05 bits per heavy atom. The molecule has 0 spiro atoms. The maximum atomic E-state index is 12.0. The predicted octanol–water partition coefficient (Wildman–Crippen LogP) is 0.983. The van der Waals surface area contributed by atoms with Crippen molar-refractivity contribution >= 4 is 16.0 Å². The summed E-state index contributed by atoms with van der Waals surface area (Å²) in [6.07, 6.45) is 1.35. The molecule has 1 aliphatic heterocycles. The van der Waals surface area contributed by atoms with E-state index >= 15 is 0 Å². The van der Waals surface area contributed by atoms with Crippen LogP contribution in [-0.2, 0) is 21.3 Å². The first kappa shape index (κ1) is 15.0. The van der Waals surface area contributed by atoms with Gasteiger partial charge in [0.2, 0.25) is 10.0 Å². The number of rotatable bonds is 5. The van der Waals surface area contributed by atoms with Crippen molar-refractivity contribution in [3.63, 3.8) is 0 Å². The molecule has 0 saturated carbocycles. The van der Waals surface area contributed by atoms with Crippen molar-refractivity contribution in [2.24, 2.45) is 0 Å². The van der Waals surface area contributed by atoms with Crippen molar-refractivity contribution in [3.05, 3.63) is 35.4 Å². The van der Waals surface area contributed by atoms with E-state index in [1.807, 2.05) is 0 Å². The third-order valence-corrected chi connectivity index (χ3v) is 5.03. The van der Waals surface area contributed by atoms with Crippen LogP contribution < -0.4 is 4.72 Å². The van der Waals surface area contributed by atoms with Gasteiger partial charge in [-0.05, 0) is 30.5 Å². The number of nitrogens with one attached hydrogen (secondary N) is 1. The van der Waals surface area contributed by atoms with Crippen molar-refractivity contribution in [2.45, 2.75) is 24.6 Å². The summed E-state index contributed by atoms with van der Waals surface area (Å²) in [5.41, 5.74) is 0.896. The summed E-state index contributed by atoms with van der Waals surface area (Å²) in [6.45, 7) is 0.995. The molecule has 2 N–H and O–H groups in total. The zero-order valence-electron chi connectivity index (χ0n) is 10.9. The van der Waals surface area contributed by atoms with Crippen molar-refractivity contribution in [3.8, 4) is 0 Å². The van der Waals surface area contributed by atoms with Crippen LogP contribution in [0.15, 0.2) is 24.3 Å². The topological polar surface area (TPSA) is 92.7 Å². The minimum absolute atomic E-state index is 0.152. The van der Waals surface area contributed by atoms with Gasteiger partial charge in [0.25, 0.3) is 0 Å². The van der Waals surface area contributed by atoms with Gasteiger partial charge < -0.3 is 9.84 Å². The number of benzene rings is 1. The van der Waals surface area contributed by atoms with E-state index in [-0.39, 0.29) is 18.7 Å². The van der Waals surface area contributed by atoms with Crippen LogP contribution >= 0.6 is 0 Å². The fraction of sp³-hybridized carbons (Fsp3) is 0.462. The van der Waals surface area contributed by atoms with Gasteiger partial charge >= 0.3 is 5.97 Å². The number of carboxylic acids is 1. The molecule has 7 heteroatoms. The minimum Gasteiger partial charge on any atom is -0.478 e. The molecule has 1 heterocycles. The van der Waals surface area contributed by atoms with Crippen molar-refractivity contribution in [1.29, 1.82) is 0 Å². The highest BCUT2D eigenvalue weighted by atomic mass is 32.2. The summed E-state index contributed by atoms with van der Waals surface area (Å²) in [4.78, 5) is 10.7. The maximum absolute atomic E-state index is 12.0. The Morgan fingerprint density at radius 3 is 2.60 bits per heavy atom. The van der Waals surface area contributed by atoms with Crippen LogP contribution in [0.2, 0.25) is 0 Å². The van der Waals surface area contributed by atoms with Gasteiger partial charge in [-0.25, -0.2) is 17.9 Å². The van der Waals surface area contributed by atoms with Gasteiger partial charge in [-0.15, -0.1) is 0 Å². The number of carbonyl (C=O) groups is 1. The lowest BCUT2D eigenvalue weighted by molar-refractivity contribution is 0.0697. The Hall–Kier alpha value is -1.44. The lowest BCUT2D eigenvalue weighted by Crippen LogP contribution is -2.39. The summed E-state index contributed by atoms with van der Waals surface area (Å²) in [6, 6.07) is 6.11. The second-order valence-electron chi connectivity index (χ2n) is 4.71. The molecule has 2 rings (SSSR count). The molecule has 1 aromatic rings. The minimum atomic E-state index is -3.40. The summed E-state index contributed by atoms with van der Waals surface area (Å²) in [7, 11) is -3.40. The Bertz CT molecular complexity index is 561. The van der Waals surface area contributed by atoms with E-state index < -0.39 is 21.2 Å². The molecule has 20 heavy (non-hydrogen) atoms. The fourth-order valence-corrected chi connectivity index (χ4v) is 3.38. The van der Waals surface area contributed by atoms with Gasteiger partial charge in [-0.2, -0.15) is 0 Å². The fourth-order valence-electron chi connectivity index (χ4n) is 2.02. The van der Waals surface area contributed by atoms with Gasteiger partial charge in [0.05, 0.1) is 17.4 Å². The van der Waals surface area contributed by atoms with E-state index in [0.717, 1.165) is 12.0 Å². The van der Waals surface area contributed by atoms with E-state index in [1.165, 1.54) is 12.1 Å². The molecule has 1 unspecified atom stereocenters. The standard InChI is InChI=1S/C13H17NO5S/c15-13(16)11-5-3-10(4-6-11)8-14-20(17,18)12-2-1-7-19-9-12/h3-6,12,14H,1-2,7-9H2,(H,15,16). The predicted molar refractivity (Wildman–Crippen MR) is 73.0 cm³/mol. The van der Waals surface area contributed by atoms with Gasteiger partial charge in [0.1, 0.15) is 0 Å². The second kappa shape index (κ2) is 6.34. The Morgan fingerprint density at radius 1 is 1.35 bits per heavy atom. The molecule has 6 nitrogen and oxygen atoms in total. The van der Waals surface area contributed by atoms with Crippen LogP contribution in [0.25, 0.3) is 0 Å². The number of ether oxygens (including phenoxy) is 1. The highest BCUT2D eigenvalue weighted by Gasteiger charge is 2.27. The molecule has 1 saturated heterocycles. The zero-order valence-corrected chi connectivity index (χ0v) is 11.7. The summed E-state index contributed by atoms with van der Waals surface area (Å²) >= 11 is 0. The number of sulfonamides is 1. The molecule has 1 atom stereocenters. The number of carboxylic acid groups (broad SMARTS) is 1. The molecule has 0 aromatic heterocycles. The van der Waals surface area contributed by atoms with Crippen LogP contribution in [-0.4, -0.2) is 38.0 Å². The number of hydrogen-bond donors (Lipinski definition) is 2. The number of aromatic carboxylic acids is 1. The van der Waals surface area contributed by atoms with Gasteiger partial charge in [-0.3, -0.25) is 0 Å². The van der Waals surface area contributed by atoms with Crippen molar-refractivity contribution in [1.82, 2.24) is 4.72 Å². The van der Waals surface area contributed by atoms with Crippen LogP contribution in [0.4, 0.5) is 0 Å². The molecule has 1 aromatic carbocycles. The van der Waals surface area contributed by atoms with E-state index in [9.17, 15) is 13.2 Å². The average Bonchev–Trinajstić information content (AvgIpc) is 2.46. The molecule has 0 amide bonds. The summed E-state index contributed by atoms with van der Waals surface area (Å²) < 4.78 is 31.8. The van der Waals surface area contributed by atoms with Crippen LogP contribution in [0, 0.1) is 0 Å². The normalized spacial score (nSPS) is 19.7. The molecule has 1 aliphatic rings. The monoisotopic (exact) mass is 299 g/mol. The molecule has 0 radical (unpaired) electrons. The second-order valence-corrected chi connectivity index (χ2v) is 6.75. The van der Waals surface area contributed by atoms with Gasteiger partial charge in [0.15, 0.2) is 0 Å². The van der Waals surface area contributed by atoms with Gasteiger partial charge in [-0.1, -0.05) is 12.1 Å². The summed E-state index contributed by atoms with van der Waals surface area (Å²) in [5, 5.41) is 8.27. The van der Waals surface area contributed by atoms with Crippen LogP contribution in [0.1, 0.15) is 28.8 Å². The van der Waals surface area contributed by atoms with E-state index in [1.54, 1.807) is 12.1 Å². The van der Waals surface area contributed by atoms with Crippen molar-refractivity contribution in [2.75, 3.05) is 13.2 Å². The number of hydrogen-bond acceptors (Lipinski definition) is 4. The highest BCUT2D eigenvalue weighted by molar-refractivity contribution is 7.90. The lowest BCUT2D eigenvalue weighted by atomic mass is 10.1. The first-order valence-corrected chi connectivity index (χ1v) is 7.92. The molecular weight excluding hydrogens is 282 g/mol. The van der Waals surface area contributed by atoms with E-state index in [2.05, 4.69) is 4.72 Å². The Balaban J connectivity index is 1.95. The lowest BCUT2D eigenvalue weighted by Gasteiger charge is -2.22. The largest absolute Gasteiger partial charge is 0.478 e. The third-order valence-electron chi connectivity index (χ3n) is 3.24. The molecule has 0 aliphatic carbocycles. The smallest absolute Gasteiger partial charge is 0.335 e. The Labute approximate surface area is 117 Å². The highest BCUT2D eigenvalue weighted by Crippen LogP contribution is 2.14. The quantitative estimate of drug-likeness (QED) is 0.845. The summed E-state index contributed by atoms with van der Waals surface area (Å²) in [5.74, 6) is -1.00. The maximum Gasteiger partial charge on any atom is 0.335 e. The third kappa shape index (κ3) is 3.78.